The van der Waals surface area contributed by atoms with Crippen LogP contribution in [0.15, 0.2) is 206 Å². The van der Waals surface area contributed by atoms with Gasteiger partial charge < -0.3 is 0 Å². The Morgan fingerprint density at radius 1 is 0.291 bits per heavy atom. The van der Waals surface area contributed by atoms with E-state index in [-0.39, 0.29) is 0 Å². The summed E-state index contributed by atoms with van der Waals surface area (Å²) in [5.41, 5.74) is 15.8. The Bertz CT molecular complexity index is 2960. The summed E-state index contributed by atoms with van der Waals surface area (Å²) in [5, 5.41) is 1.15. The fourth-order valence-corrected chi connectivity index (χ4v) is 8.63. The highest BCUT2D eigenvalue weighted by Gasteiger charge is 2.17. The van der Waals surface area contributed by atoms with E-state index < -0.39 is 0 Å². The fraction of sp³-hybridized carbons (Fsp3) is 0. The van der Waals surface area contributed by atoms with Gasteiger partial charge in [0.15, 0.2) is 5.82 Å². The van der Waals surface area contributed by atoms with E-state index in [4.69, 9.17) is 9.97 Å². The highest BCUT2D eigenvalue weighted by molar-refractivity contribution is 7.26. The minimum atomic E-state index is 0.720. The van der Waals surface area contributed by atoms with Crippen molar-refractivity contribution in [3.8, 4) is 78.3 Å². The van der Waals surface area contributed by atoms with E-state index in [1.807, 2.05) is 0 Å². The van der Waals surface area contributed by atoms with Crippen LogP contribution in [0, 0.1) is 0 Å². The van der Waals surface area contributed by atoms with E-state index in [9.17, 15) is 0 Å². The van der Waals surface area contributed by atoms with Gasteiger partial charge in [-0.25, -0.2) is 9.97 Å². The third-order valence-corrected chi connectivity index (χ3v) is 11.5. The van der Waals surface area contributed by atoms with Gasteiger partial charge in [-0.15, -0.1) is 11.3 Å². The maximum atomic E-state index is 5.36. The minimum Gasteiger partial charge on any atom is -0.226 e. The van der Waals surface area contributed by atoms with Crippen LogP contribution < -0.4 is 0 Å². The molecule has 0 saturated heterocycles. The highest BCUT2D eigenvalue weighted by Crippen LogP contribution is 2.41. The zero-order chi connectivity index (χ0) is 36.6. The maximum absolute atomic E-state index is 5.36. The molecule has 2 aromatic heterocycles. The van der Waals surface area contributed by atoms with Crippen LogP contribution in [0.5, 0.6) is 0 Å². The zero-order valence-electron chi connectivity index (χ0n) is 29.9. The standard InChI is InChI=1S/C52H34N2S/c1-3-13-35(14-4-1)37-27-29-38(30-28-37)40-18-11-23-45(33-40)49-51-50(47-25-7-8-26-48(47)55-51)54-52(53-49)46-24-12-22-44(34-46)43-21-10-20-42(32-43)41-19-9-17-39(31-41)36-15-5-2-6-16-36/h1-34H. The quantitative estimate of drug-likeness (QED) is 0.164. The first-order valence-corrected chi connectivity index (χ1v) is 19.4. The molecule has 10 rings (SSSR count). The van der Waals surface area contributed by atoms with Gasteiger partial charge in [0, 0.05) is 21.2 Å². The number of hydrogen-bond acceptors (Lipinski definition) is 3. The van der Waals surface area contributed by atoms with Crippen LogP contribution in [-0.4, -0.2) is 9.97 Å². The lowest BCUT2D eigenvalue weighted by Gasteiger charge is -2.11. The van der Waals surface area contributed by atoms with Crippen molar-refractivity contribution >= 4 is 31.6 Å². The summed E-state index contributed by atoms with van der Waals surface area (Å²) in [5.74, 6) is 0.720. The lowest BCUT2D eigenvalue weighted by Crippen LogP contribution is -1.94. The number of rotatable bonds is 7. The van der Waals surface area contributed by atoms with Crippen molar-refractivity contribution in [2.75, 3.05) is 0 Å². The molecule has 0 N–H and O–H groups in total. The van der Waals surface area contributed by atoms with Crippen LogP contribution in [0.4, 0.5) is 0 Å². The van der Waals surface area contributed by atoms with Crippen LogP contribution in [-0.2, 0) is 0 Å². The molecule has 0 aliphatic heterocycles. The van der Waals surface area contributed by atoms with Crippen molar-refractivity contribution in [2.45, 2.75) is 0 Å². The Labute approximate surface area is 324 Å². The second kappa shape index (κ2) is 14.1. The number of hydrogen-bond donors (Lipinski definition) is 0. The zero-order valence-corrected chi connectivity index (χ0v) is 30.7. The third-order valence-electron chi connectivity index (χ3n) is 10.3. The monoisotopic (exact) mass is 718 g/mol. The second-order valence-corrected chi connectivity index (χ2v) is 14.9. The molecule has 0 unspecified atom stereocenters. The van der Waals surface area contributed by atoms with Gasteiger partial charge in [-0.05, 0) is 86.0 Å². The van der Waals surface area contributed by atoms with Gasteiger partial charge in [-0.1, -0.05) is 176 Å². The van der Waals surface area contributed by atoms with E-state index in [0.717, 1.165) is 54.9 Å². The topological polar surface area (TPSA) is 25.8 Å². The summed E-state index contributed by atoms with van der Waals surface area (Å²) >= 11 is 1.76. The number of nitrogens with zero attached hydrogens (tertiary/aromatic N) is 2. The van der Waals surface area contributed by atoms with Gasteiger partial charge in [0.05, 0.1) is 15.9 Å². The van der Waals surface area contributed by atoms with E-state index in [1.54, 1.807) is 11.3 Å². The average molecular weight is 719 g/mol. The molecule has 55 heavy (non-hydrogen) atoms. The van der Waals surface area contributed by atoms with E-state index in [0.29, 0.717) is 0 Å². The Balaban J connectivity index is 1.04. The summed E-state index contributed by atoms with van der Waals surface area (Å²) in [7, 11) is 0. The van der Waals surface area contributed by atoms with Crippen molar-refractivity contribution in [3.63, 3.8) is 0 Å². The van der Waals surface area contributed by atoms with Crippen molar-refractivity contribution in [3.05, 3.63) is 206 Å². The summed E-state index contributed by atoms with van der Waals surface area (Å²) in [6.45, 7) is 0. The smallest absolute Gasteiger partial charge is 0.160 e. The van der Waals surface area contributed by atoms with Gasteiger partial charge in [0.25, 0.3) is 0 Å². The van der Waals surface area contributed by atoms with Gasteiger partial charge in [-0.2, -0.15) is 0 Å². The summed E-state index contributed by atoms with van der Waals surface area (Å²) in [6.07, 6.45) is 0. The minimum absolute atomic E-state index is 0.720. The van der Waals surface area contributed by atoms with Crippen LogP contribution in [0.1, 0.15) is 0 Å². The summed E-state index contributed by atoms with van der Waals surface area (Å²) in [4.78, 5) is 10.6. The van der Waals surface area contributed by atoms with Crippen LogP contribution in [0.3, 0.4) is 0 Å². The van der Waals surface area contributed by atoms with E-state index in [2.05, 4.69) is 206 Å². The highest BCUT2D eigenvalue weighted by atomic mass is 32.1. The molecule has 0 aliphatic carbocycles. The molecular formula is C52H34N2S. The molecule has 0 bridgehead atoms. The van der Waals surface area contributed by atoms with E-state index >= 15 is 0 Å². The van der Waals surface area contributed by atoms with Gasteiger partial charge in [0.2, 0.25) is 0 Å². The van der Waals surface area contributed by atoms with E-state index in [1.165, 1.54) is 43.6 Å². The molecule has 2 nitrogen and oxygen atoms in total. The van der Waals surface area contributed by atoms with Crippen molar-refractivity contribution in [1.82, 2.24) is 9.97 Å². The molecule has 0 aliphatic rings. The van der Waals surface area contributed by atoms with Crippen molar-refractivity contribution in [2.24, 2.45) is 0 Å². The molecule has 8 aromatic carbocycles. The average Bonchev–Trinajstić information content (AvgIpc) is 3.66. The van der Waals surface area contributed by atoms with Crippen LogP contribution >= 0.6 is 11.3 Å². The summed E-state index contributed by atoms with van der Waals surface area (Å²) in [6, 6.07) is 73.4. The predicted molar refractivity (Wildman–Crippen MR) is 233 cm³/mol. The number of benzene rings is 8. The Morgan fingerprint density at radius 3 is 1.25 bits per heavy atom. The van der Waals surface area contributed by atoms with Crippen LogP contribution in [0.25, 0.3) is 98.6 Å². The molecule has 0 radical (unpaired) electrons. The molecule has 0 saturated carbocycles. The fourth-order valence-electron chi connectivity index (χ4n) is 7.47. The predicted octanol–water partition coefficient (Wildman–Crippen LogP) is 14.5. The Hall–Kier alpha value is -6.94. The molecule has 0 amide bonds. The van der Waals surface area contributed by atoms with Gasteiger partial charge in [0.1, 0.15) is 0 Å². The summed E-state index contributed by atoms with van der Waals surface area (Å²) < 4.78 is 2.31. The normalized spacial score (nSPS) is 11.3. The molecule has 3 heteroatoms. The molecule has 10 aromatic rings. The molecular weight excluding hydrogens is 685 g/mol. The van der Waals surface area contributed by atoms with Crippen molar-refractivity contribution in [1.29, 1.82) is 0 Å². The second-order valence-electron chi connectivity index (χ2n) is 13.8. The number of aromatic nitrogens is 2. The third kappa shape index (κ3) is 6.41. The largest absolute Gasteiger partial charge is 0.226 e. The van der Waals surface area contributed by atoms with Crippen molar-refractivity contribution < 1.29 is 0 Å². The number of fused-ring (bicyclic) bond motifs is 3. The molecule has 258 valence electrons. The number of thiophene rings is 1. The van der Waals surface area contributed by atoms with Crippen LogP contribution in [0.2, 0.25) is 0 Å². The lowest BCUT2D eigenvalue weighted by atomic mass is 9.95. The lowest BCUT2D eigenvalue weighted by molar-refractivity contribution is 1.24. The SMILES string of the molecule is c1ccc(-c2ccc(-c3cccc(-c4nc(-c5cccc(-c6cccc(-c7cccc(-c8ccccc8)c7)c6)c5)nc5c4sc4ccccc45)c3)cc2)cc1. The maximum Gasteiger partial charge on any atom is 0.160 e. The first-order valence-electron chi connectivity index (χ1n) is 18.6. The van der Waals surface area contributed by atoms with Gasteiger partial charge in [-0.3, -0.25) is 0 Å². The Kier molecular flexibility index (Phi) is 8.40. The molecule has 0 spiro atoms. The molecule has 2 heterocycles. The first kappa shape index (κ1) is 32.7. The Morgan fingerprint density at radius 2 is 0.673 bits per heavy atom. The first-order chi connectivity index (χ1) is 27.2. The molecule has 0 fully saturated rings. The van der Waals surface area contributed by atoms with Gasteiger partial charge >= 0.3 is 0 Å². The molecule has 0 atom stereocenters.